The molecule has 1 aromatic rings. The third kappa shape index (κ3) is 1.26. The zero-order chi connectivity index (χ0) is 10.3. The third-order valence-electron chi connectivity index (χ3n) is 2.03. The van der Waals surface area contributed by atoms with Crippen LogP contribution in [0.3, 0.4) is 0 Å². The molecule has 2 rings (SSSR count). The first-order valence-corrected chi connectivity index (χ1v) is 4.68. The summed E-state index contributed by atoms with van der Waals surface area (Å²) in [5.41, 5.74) is 0.231. The maximum absolute atomic E-state index is 13.2. The number of hydrogen-bond donors (Lipinski definition) is 0. The van der Waals surface area contributed by atoms with E-state index in [0.29, 0.717) is 18.6 Å². The molecule has 1 aliphatic rings. The molecular formula is C8H5BrFNO3. The first-order valence-electron chi connectivity index (χ1n) is 3.89. The zero-order valence-electron chi connectivity index (χ0n) is 6.92. The van der Waals surface area contributed by atoms with Crippen LogP contribution in [0, 0.1) is 15.9 Å². The molecule has 0 radical (unpaired) electrons. The van der Waals surface area contributed by atoms with Crippen LogP contribution in [0.25, 0.3) is 0 Å². The molecule has 0 aliphatic carbocycles. The van der Waals surface area contributed by atoms with Crippen LogP contribution in [0.2, 0.25) is 0 Å². The fourth-order valence-electron chi connectivity index (χ4n) is 1.42. The van der Waals surface area contributed by atoms with E-state index in [2.05, 4.69) is 15.9 Å². The fourth-order valence-corrected chi connectivity index (χ4v) is 1.86. The number of benzene rings is 1. The maximum Gasteiger partial charge on any atom is 0.328 e. The van der Waals surface area contributed by atoms with Crippen molar-refractivity contribution in [3.63, 3.8) is 0 Å². The summed E-state index contributed by atoms with van der Waals surface area (Å²) in [5.74, 6) is -0.441. The Labute approximate surface area is 87.0 Å². The van der Waals surface area contributed by atoms with Gasteiger partial charge in [0.15, 0.2) is 0 Å². The number of hydrogen-bond acceptors (Lipinski definition) is 3. The van der Waals surface area contributed by atoms with Gasteiger partial charge in [0.05, 0.1) is 11.5 Å². The van der Waals surface area contributed by atoms with Crippen molar-refractivity contribution < 1.29 is 14.1 Å². The second kappa shape index (κ2) is 3.20. The molecule has 0 N–H and O–H groups in total. The summed E-state index contributed by atoms with van der Waals surface area (Å²) in [6.07, 6.45) is 0.514. The van der Waals surface area contributed by atoms with Gasteiger partial charge in [-0.15, -0.1) is 0 Å². The van der Waals surface area contributed by atoms with Gasteiger partial charge in [-0.25, -0.2) is 4.39 Å². The Bertz CT molecular complexity index is 422. The van der Waals surface area contributed by atoms with E-state index in [4.69, 9.17) is 4.74 Å². The predicted octanol–water partition coefficient (Wildman–Crippen LogP) is 2.43. The lowest BCUT2D eigenvalue weighted by Gasteiger charge is -2.03. The van der Waals surface area contributed by atoms with E-state index in [-0.39, 0.29) is 15.9 Å². The highest BCUT2D eigenvalue weighted by Crippen LogP contribution is 2.42. The van der Waals surface area contributed by atoms with Crippen LogP contribution in [-0.2, 0) is 6.42 Å². The van der Waals surface area contributed by atoms with Gasteiger partial charge in [0.2, 0.25) is 5.75 Å². The van der Waals surface area contributed by atoms with Gasteiger partial charge in [-0.3, -0.25) is 10.1 Å². The quantitative estimate of drug-likeness (QED) is 0.576. The van der Waals surface area contributed by atoms with Gasteiger partial charge in [0.25, 0.3) is 0 Å². The fraction of sp³-hybridized carbons (Fsp3) is 0.250. The molecule has 74 valence electrons. The topological polar surface area (TPSA) is 52.4 Å². The highest BCUT2D eigenvalue weighted by Gasteiger charge is 2.29. The Morgan fingerprint density at radius 2 is 2.36 bits per heavy atom. The average Bonchev–Trinajstić information content (AvgIpc) is 2.52. The first-order chi connectivity index (χ1) is 6.61. The van der Waals surface area contributed by atoms with E-state index in [0.717, 1.165) is 0 Å². The molecule has 4 nitrogen and oxygen atoms in total. The highest BCUT2D eigenvalue weighted by molar-refractivity contribution is 9.10. The van der Waals surface area contributed by atoms with E-state index in [1.54, 1.807) is 0 Å². The minimum atomic E-state index is -0.642. The monoisotopic (exact) mass is 261 g/mol. The van der Waals surface area contributed by atoms with Crippen LogP contribution in [0.4, 0.5) is 10.1 Å². The minimum Gasteiger partial charge on any atom is -0.486 e. The summed E-state index contributed by atoms with van der Waals surface area (Å²) in [7, 11) is 0. The number of nitro groups is 1. The van der Waals surface area contributed by atoms with Crippen molar-refractivity contribution in [2.24, 2.45) is 0 Å². The Hall–Kier alpha value is -1.17. The lowest BCUT2D eigenvalue weighted by Crippen LogP contribution is -1.96. The van der Waals surface area contributed by atoms with Gasteiger partial charge < -0.3 is 4.74 Å². The first kappa shape index (κ1) is 9.39. The number of ether oxygens (including phenoxy) is 1. The number of nitro benzene ring substituents is 1. The lowest BCUT2D eigenvalue weighted by molar-refractivity contribution is -0.386. The van der Waals surface area contributed by atoms with Gasteiger partial charge in [0.1, 0.15) is 10.3 Å². The molecular weight excluding hydrogens is 257 g/mol. The molecule has 0 saturated carbocycles. The van der Waals surface area contributed by atoms with Crippen molar-refractivity contribution in [1.82, 2.24) is 0 Å². The molecule has 1 heterocycles. The summed E-state index contributed by atoms with van der Waals surface area (Å²) in [6, 6.07) is 1.26. The summed E-state index contributed by atoms with van der Waals surface area (Å²) in [5, 5.41) is 10.7. The molecule has 0 amide bonds. The van der Waals surface area contributed by atoms with Crippen LogP contribution < -0.4 is 4.74 Å². The number of halogens is 2. The standard InChI is InChI=1S/C8H5BrFNO3/c9-6-5(10)3-4-1-2-14-8(4)7(6)11(12)13/h3H,1-2H2. The van der Waals surface area contributed by atoms with E-state index >= 15 is 0 Å². The summed E-state index contributed by atoms with van der Waals surface area (Å²) >= 11 is 2.84. The Morgan fingerprint density at radius 1 is 1.64 bits per heavy atom. The molecule has 0 spiro atoms. The van der Waals surface area contributed by atoms with E-state index in [1.165, 1.54) is 6.07 Å². The summed E-state index contributed by atoms with van der Waals surface area (Å²) in [6.45, 7) is 0.367. The molecule has 0 saturated heterocycles. The number of rotatable bonds is 1. The van der Waals surface area contributed by atoms with Crippen molar-refractivity contribution in [3.05, 3.63) is 32.0 Å². The van der Waals surface area contributed by atoms with E-state index in [1.807, 2.05) is 0 Å². The van der Waals surface area contributed by atoms with Gasteiger partial charge in [0, 0.05) is 12.0 Å². The predicted molar refractivity (Wildman–Crippen MR) is 50.0 cm³/mol. The van der Waals surface area contributed by atoms with Crippen molar-refractivity contribution in [2.75, 3.05) is 6.61 Å². The van der Waals surface area contributed by atoms with Crippen molar-refractivity contribution in [3.8, 4) is 5.75 Å². The number of nitrogens with zero attached hydrogens (tertiary/aromatic N) is 1. The molecule has 0 bridgehead atoms. The van der Waals surface area contributed by atoms with Crippen LogP contribution in [0.5, 0.6) is 5.75 Å². The second-order valence-corrected chi connectivity index (χ2v) is 3.66. The molecule has 0 aromatic heterocycles. The van der Waals surface area contributed by atoms with Crippen LogP contribution in [0.1, 0.15) is 5.56 Å². The second-order valence-electron chi connectivity index (χ2n) is 2.86. The molecule has 0 fully saturated rings. The lowest BCUT2D eigenvalue weighted by atomic mass is 10.1. The van der Waals surface area contributed by atoms with Crippen LogP contribution in [0.15, 0.2) is 10.5 Å². The maximum atomic E-state index is 13.2. The Morgan fingerprint density at radius 3 is 3.00 bits per heavy atom. The average molecular weight is 262 g/mol. The molecule has 1 aliphatic heterocycles. The SMILES string of the molecule is O=[N+]([O-])c1c(Br)c(F)cc2c1OCC2. The largest absolute Gasteiger partial charge is 0.486 e. The molecule has 6 heteroatoms. The van der Waals surface area contributed by atoms with Crippen molar-refractivity contribution >= 4 is 21.6 Å². The highest BCUT2D eigenvalue weighted by atomic mass is 79.9. The molecule has 14 heavy (non-hydrogen) atoms. The van der Waals surface area contributed by atoms with Crippen LogP contribution in [-0.4, -0.2) is 11.5 Å². The van der Waals surface area contributed by atoms with Crippen LogP contribution >= 0.6 is 15.9 Å². The summed E-state index contributed by atoms with van der Waals surface area (Å²) in [4.78, 5) is 10.0. The molecule has 0 unspecified atom stereocenters. The third-order valence-corrected chi connectivity index (χ3v) is 2.78. The van der Waals surface area contributed by atoms with E-state index in [9.17, 15) is 14.5 Å². The molecule has 1 aromatic carbocycles. The zero-order valence-corrected chi connectivity index (χ0v) is 8.51. The van der Waals surface area contributed by atoms with Crippen molar-refractivity contribution in [1.29, 1.82) is 0 Å². The van der Waals surface area contributed by atoms with Gasteiger partial charge in [-0.05, 0) is 22.0 Å². The number of fused-ring (bicyclic) bond motifs is 1. The normalized spacial score (nSPS) is 13.6. The Kier molecular flexibility index (Phi) is 2.14. The molecule has 0 atom stereocenters. The van der Waals surface area contributed by atoms with Gasteiger partial charge in [-0.1, -0.05) is 0 Å². The van der Waals surface area contributed by atoms with E-state index < -0.39 is 10.7 Å². The smallest absolute Gasteiger partial charge is 0.328 e. The summed E-state index contributed by atoms with van der Waals surface area (Å²) < 4.78 is 18.1. The van der Waals surface area contributed by atoms with Crippen molar-refractivity contribution in [2.45, 2.75) is 6.42 Å². The van der Waals surface area contributed by atoms with Gasteiger partial charge >= 0.3 is 5.69 Å². The Balaban J connectivity index is 2.72. The van der Waals surface area contributed by atoms with Gasteiger partial charge in [-0.2, -0.15) is 0 Å². The minimum absolute atomic E-state index is 0.150.